The first-order valence-corrected chi connectivity index (χ1v) is 6.07. The topological polar surface area (TPSA) is 84.2 Å². The average molecular weight is 292 g/mol. The minimum Gasteiger partial charge on any atom is -0.373 e. The van der Waals surface area contributed by atoms with Crippen molar-refractivity contribution in [1.82, 2.24) is 15.1 Å². The summed E-state index contributed by atoms with van der Waals surface area (Å²) in [5, 5.41) is 5.38. The number of carbonyl (C=O) groups excluding carboxylic acids is 1. The third kappa shape index (κ3) is 2.78. The first-order chi connectivity index (χ1) is 9.34. The summed E-state index contributed by atoms with van der Waals surface area (Å²) in [5.74, 6) is -0.545. The van der Waals surface area contributed by atoms with Crippen LogP contribution in [0.25, 0.3) is 0 Å². The lowest BCUT2D eigenvalue weighted by Crippen LogP contribution is -2.48. The van der Waals surface area contributed by atoms with Crippen molar-refractivity contribution >= 4 is 5.91 Å². The standard InChI is InChI=1S/C11H15F3N4O2/c1-6-8(16-17-9(6)11(12,13)14)10(19)18-2-3-20-7(4-15)5-18/h7H,2-5,15H2,1H3,(H,16,17). The van der Waals surface area contributed by atoms with Crippen LogP contribution in [0.5, 0.6) is 0 Å². The van der Waals surface area contributed by atoms with E-state index in [1.807, 2.05) is 5.10 Å². The number of rotatable bonds is 2. The number of nitrogens with zero attached hydrogens (tertiary/aromatic N) is 2. The Morgan fingerprint density at radius 1 is 1.60 bits per heavy atom. The van der Waals surface area contributed by atoms with E-state index in [0.717, 1.165) is 0 Å². The van der Waals surface area contributed by atoms with Crippen LogP contribution in [0.3, 0.4) is 0 Å². The molecule has 0 bridgehead atoms. The zero-order chi connectivity index (χ0) is 14.9. The van der Waals surface area contributed by atoms with Gasteiger partial charge in [0.2, 0.25) is 0 Å². The van der Waals surface area contributed by atoms with Gasteiger partial charge in [-0.15, -0.1) is 0 Å². The van der Waals surface area contributed by atoms with Crippen LogP contribution in [-0.2, 0) is 10.9 Å². The number of halogens is 3. The van der Waals surface area contributed by atoms with E-state index in [0.29, 0.717) is 13.2 Å². The van der Waals surface area contributed by atoms with Gasteiger partial charge in [-0.2, -0.15) is 18.3 Å². The van der Waals surface area contributed by atoms with Crippen LogP contribution in [-0.4, -0.2) is 53.3 Å². The Kier molecular flexibility index (Phi) is 4.00. The fraction of sp³-hybridized carbons (Fsp3) is 0.636. The van der Waals surface area contributed by atoms with Crippen LogP contribution in [0.1, 0.15) is 21.7 Å². The molecule has 0 aliphatic carbocycles. The number of alkyl halides is 3. The summed E-state index contributed by atoms with van der Waals surface area (Å²) in [6.07, 6.45) is -4.85. The molecule has 0 spiro atoms. The Hall–Kier alpha value is -1.61. The molecule has 1 aliphatic heterocycles. The number of hydrogen-bond donors (Lipinski definition) is 2. The number of aromatic amines is 1. The number of H-pyrrole nitrogens is 1. The fourth-order valence-electron chi connectivity index (χ4n) is 2.08. The molecule has 6 nitrogen and oxygen atoms in total. The Morgan fingerprint density at radius 3 is 2.85 bits per heavy atom. The highest BCUT2D eigenvalue weighted by Crippen LogP contribution is 2.31. The van der Waals surface area contributed by atoms with Crippen LogP contribution in [0, 0.1) is 6.92 Å². The molecular formula is C11H15F3N4O2. The summed E-state index contributed by atoms with van der Waals surface area (Å²) in [6, 6.07) is 0. The lowest BCUT2D eigenvalue weighted by Gasteiger charge is -2.32. The van der Waals surface area contributed by atoms with Crippen LogP contribution in [0.15, 0.2) is 0 Å². The van der Waals surface area contributed by atoms with E-state index in [-0.39, 0.29) is 30.5 Å². The SMILES string of the molecule is Cc1c(C(=O)N2CCOC(CN)C2)n[nH]c1C(F)(F)F. The van der Waals surface area contributed by atoms with Gasteiger partial charge < -0.3 is 15.4 Å². The Balaban J connectivity index is 2.19. The molecule has 9 heteroatoms. The monoisotopic (exact) mass is 292 g/mol. The van der Waals surface area contributed by atoms with Gasteiger partial charge in [0.15, 0.2) is 5.69 Å². The number of nitrogens with one attached hydrogen (secondary N) is 1. The minimum atomic E-state index is -4.56. The summed E-state index contributed by atoms with van der Waals surface area (Å²) in [6.45, 7) is 2.34. The number of carbonyl (C=O) groups is 1. The highest BCUT2D eigenvalue weighted by Gasteiger charge is 2.38. The maximum atomic E-state index is 12.7. The largest absolute Gasteiger partial charge is 0.433 e. The molecule has 1 aliphatic rings. The van der Waals surface area contributed by atoms with Crippen molar-refractivity contribution in [2.24, 2.45) is 5.73 Å². The molecule has 2 rings (SSSR count). The summed E-state index contributed by atoms with van der Waals surface area (Å²) in [5.41, 5.74) is 4.06. The maximum Gasteiger partial charge on any atom is 0.433 e. The molecule has 0 aromatic carbocycles. The molecule has 3 N–H and O–H groups in total. The van der Waals surface area contributed by atoms with Crippen molar-refractivity contribution in [3.63, 3.8) is 0 Å². The number of aromatic nitrogens is 2. The minimum absolute atomic E-state index is 0.196. The zero-order valence-electron chi connectivity index (χ0n) is 10.8. The van der Waals surface area contributed by atoms with E-state index in [1.54, 1.807) is 0 Å². The molecule has 1 fully saturated rings. The number of amides is 1. The second-order valence-corrected chi connectivity index (χ2v) is 4.55. The average Bonchev–Trinajstić information content (AvgIpc) is 2.79. The molecule has 0 saturated carbocycles. The fourth-order valence-corrected chi connectivity index (χ4v) is 2.08. The number of morpholine rings is 1. The number of ether oxygens (including phenoxy) is 1. The molecule has 1 saturated heterocycles. The lowest BCUT2D eigenvalue weighted by atomic mass is 10.1. The van der Waals surface area contributed by atoms with E-state index < -0.39 is 17.8 Å². The van der Waals surface area contributed by atoms with Crippen molar-refractivity contribution in [3.8, 4) is 0 Å². The van der Waals surface area contributed by atoms with E-state index in [1.165, 1.54) is 11.8 Å². The smallest absolute Gasteiger partial charge is 0.373 e. The first-order valence-electron chi connectivity index (χ1n) is 6.07. The van der Waals surface area contributed by atoms with Crippen LogP contribution < -0.4 is 5.73 Å². The molecule has 1 aromatic heterocycles. The van der Waals surface area contributed by atoms with E-state index in [9.17, 15) is 18.0 Å². The Labute approximate surface area is 113 Å². The van der Waals surface area contributed by atoms with Gasteiger partial charge >= 0.3 is 6.18 Å². The Morgan fingerprint density at radius 2 is 2.30 bits per heavy atom. The van der Waals surface area contributed by atoms with E-state index in [2.05, 4.69) is 5.10 Å². The Bertz CT molecular complexity index is 500. The second kappa shape index (κ2) is 5.41. The lowest BCUT2D eigenvalue weighted by molar-refractivity contribution is -0.141. The molecule has 2 heterocycles. The van der Waals surface area contributed by atoms with Gasteiger partial charge in [-0.25, -0.2) is 0 Å². The second-order valence-electron chi connectivity index (χ2n) is 4.55. The molecule has 20 heavy (non-hydrogen) atoms. The van der Waals surface area contributed by atoms with Gasteiger partial charge in [0.25, 0.3) is 5.91 Å². The third-order valence-electron chi connectivity index (χ3n) is 3.18. The highest BCUT2D eigenvalue weighted by molar-refractivity contribution is 5.94. The van der Waals surface area contributed by atoms with Gasteiger partial charge in [0.1, 0.15) is 5.69 Å². The highest BCUT2D eigenvalue weighted by atomic mass is 19.4. The van der Waals surface area contributed by atoms with Crippen LogP contribution in [0.2, 0.25) is 0 Å². The van der Waals surface area contributed by atoms with Crippen LogP contribution in [0.4, 0.5) is 13.2 Å². The van der Waals surface area contributed by atoms with Gasteiger partial charge in [0.05, 0.1) is 12.7 Å². The van der Waals surface area contributed by atoms with Crippen LogP contribution >= 0.6 is 0 Å². The molecule has 1 aromatic rings. The molecule has 1 atom stereocenters. The quantitative estimate of drug-likeness (QED) is 0.833. The van der Waals surface area contributed by atoms with Gasteiger partial charge in [-0.1, -0.05) is 0 Å². The van der Waals surface area contributed by atoms with Crippen molar-refractivity contribution in [2.75, 3.05) is 26.2 Å². The third-order valence-corrected chi connectivity index (χ3v) is 3.18. The number of hydrogen-bond acceptors (Lipinski definition) is 4. The van der Waals surface area contributed by atoms with E-state index in [4.69, 9.17) is 10.5 Å². The predicted molar refractivity (Wildman–Crippen MR) is 63.0 cm³/mol. The van der Waals surface area contributed by atoms with Gasteiger partial charge in [-0.3, -0.25) is 9.89 Å². The van der Waals surface area contributed by atoms with Gasteiger partial charge in [0, 0.05) is 25.2 Å². The number of nitrogens with two attached hydrogens (primary N) is 1. The molecular weight excluding hydrogens is 277 g/mol. The molecule has 1 amide bonds. The molecule has 112 valence electrons. The normalized spacial score (nSPS) is 20.2. The molecule has 1 unspecified atom stereocenters. The van der Waals surface area contributed by atoms with Crippen molar-refractivity contribution in [3.05, 3.63) is 17.0 Å². The summed E-state index contributed by atoms with van der Waals surface area (Å²) < 4.78 is 43.3. The zero-order valence-corrected chi connectivity index (χ0v) is 10.8. The van der Waals surface area contributed by atoms with Crippen molar-refractivity contribution in [1.29, 1.82) is 0 Å². The van der Waals surface area contributed by atoms with Crippen molar-refractivity contribution < 1.29 is 22.7 Å². The van der Waals surface area contributed by atoms with E-state index >= 15 is 0 Å². The summed E-state index contributed by atoms with van der Waals surface area (Å²) in [4.78, 5) is 13.6. The summed E-state index contributed by atoms with van der Waals surface area (Å²) >= 11 is 0. The first kappa shape index (κ1) is 14.8. The van der Waals surface area contributed by atoms with Crippen molar-refractivity contribution in [2.45, 2.75) is 19.2 Å². The predicted octanol–water partition coefficient (Wildman–Crippen LogP) is 0.537. The maximum absolute atomic E-state index is 12.7. The summed E-state index contributed by atoms with van der Waals surface area (Å²) in [7, 11) is 0. The van der Waals surface area contributed by atoms with Gasteiger partial charge in [-0.05, 0) is 6.92 Å². The molecule has 0 radical (unpaired) electrons.